The zero-order chi connectivity index (χ0) is 25.3. The van der Waals surface area contributed by atoms with Crippen LogP contribution in [0, 0.1) is 10.1 Å². The summed E-state index contributed by atoms with van der Waals surface area (Å²) in [5.74, 6) is -0.283. The van der Waals surface area contributed by atoms with E-state index in [2.05, 4.69) is 20.2 Å². The zero-order valence-electron chi connectivity index (χ0n) is 17.4. The van der Waals surface area contributed by atoms with Gasteiger partial charge in [-0.1, -0.05) is 11.6 Å². The number of nitrogens with zero attached hydrogens (tertiary/aromatic N) is 8. The van der Waals surface area contributed by atoms with Crippen molar-refractivity contribution in [2.45, 2.75) is 25.4 Å². The molecule has 4 rings (SSSR count). The molecular formula is C19H14ClF3N8O4. The number of aromatic nitrogens is 7. The summed E-state index contributed by atoms with van der Waals surface area (Å²) < 4.78 is 41.5. The maximum atomic E-state index is 13.0. The molecule has 0 aliphatic rings. The summed E-state index contributed by atoms with van der Waals surface area (Å²) in [6, 6.07) is 8.44. The standard InChI is InChI=1S/C19H14ClF3N8O4/c20-12-5-3-11(4-6-12)16-27-29(18(33)28(16)8-14(32)19(21,22)23)9-15-25-10-30(26-15)17-13(31(34)35)2-1-7-24-17/h1-7,10,14,32H,8-9H2. The van der Waals surface area contributed by atoms with Crippen molar-refractivity contribution < 1.29 is 23.2 Å². The number of aliphatic hydroxyl groups is 1. The molecule has 1 atom stereocenters. The largest absolute Gasteiger partial charge is 0.416 e. The third-order valence-corrected chi connectivity index (χ3v) is 5.02. The lowest BCUT2D eigenvalue weighted by atomic mass is 10.2. The van der Waals surface area contributed by atoms with Crippen molar-refractivity contribution in [1.82, 2.24) is 34.1 Å². The maximum absolute atomic E-state index is 13.0. The molecule has 1 unspecified atom stereocenters. The number of pyridine rings is 1. The average molecular weight is 511 g/mol. The second kappa shape index (κ2) is 9.27. The molecule has 3 aromatic heterocycles. The first-order chi connectivity index (χ1) is 16.5. The molecule has 3 heterocycles. The Morgan fingerprint density at radius 1 is 1.14 bits per heavy atom. The summed E-state index contributed by atoms with van der Waals surface area (Å²) in [6.07, 6.45) is -5.32. The van der Waals surface area contributed by atoms with E-state index in [4.69, 9.17) is 11.6 Å². The van der Waals surface area contributed by atoms with Gasteiger partial charge in [0, 0.05) is 22.8 Å². The van der Waals surface area contributed by atoms with Crippen LogP contribution in [-0.2, 0) is 13.1 Å². The lowest BCUT2D eigenvalue weighted by Crippen LogP contribution is -2.37. The molecule has 35 heavy (non-hydrogen) atoms. The van der Waals surface area contributed by atoms with Gasteiger partial charge in [0.25, 0.3) is 0 Å². The molecule has 0 bridgehead atoms. The van der Waals surface area contributed by atoms with E-state index in [9.17, 15) is 33.2 Å². The van der Waals surface area contributed by atoms with Crippen LogP contribution in [0.2, 0.25) is 5.02 Å². The van der Waals surface area contributed by atoms with Crippen LogP contribution in [0.1, 0.15) is 5.82 Å². The van der Waals surface area contributed by atoms with Crippen molar-refractivity contribution in [3.8, 4) is 17.2 Å². The molecule has 0 spiro atoms. The van der Waals surface area contributed by atoms with E-state index in [1.165, 1.54) is 42.6 Å². The molecule has 0 fully saturated rings. The molecule has 0 amide bonds. The van der Waals surface area contributed by atoms with Crippen molar-refractivity contribution in [1.29, 1.82) is 0 Å². The van der Waals surface area contributed by atoms with Gasteiger partial charge in [0.05, 0.1) is 11.5 Å². The van der Waals surface area contributed by atoms with Crippen LogP contribution >= 0.6 is 11.6 Å². The number of hydrogen-bond acceptors (Lipinski definition) is 8. The van der Waals surface area contributed by atoms with Crippen molar-refractivity contribution >= 4 is 17.3 Å². The molecule has 0 saturated heterocycles. The minimum atomic E-state index is -4.96. The van der Waals surface area contributed by atoms with Crippen molar-refractivity contribution in [2.24, 2.45) is 0 Å². The summed E-state index contributed by atoms with van der Waals surface area (Å²) >= 11 is 5.86. The van der Waals surface area contributed by atoms with Gasteiger partial charge < -0.3 is 5.11 Å². The molecule has 1 aromatic carbocycles. The quantitative estimate of drug-likeness (QED) is 0.294. The number of hydrogen-bond donors (Lipinski definition) is 1. The summed E-state index contributed by atoms with van der Waals surface area (Å²) in [7, 11) is 0. The van der Waals surface area contributed by atoms with E-state index >= 15 is 0 Å². The summed E-state index contributed by atoms with van der Waals surface area (Å²) in [5.41, 5.74) is -1.02. The Hall–Kier alpha value is -4.11. The fourth-order valence-corrected chi connectivity index (χ4v) is 3.24. The third kappa shape index (κ3) is 5.04. The van der Waals surface area contributed by atoms with Crippen LogP contribution < -0.4 is 5.69 Å². The van der Waals surface area contributed by atoms with Crippen LogP contribution in [0.15, 0.2) is 53.7 Å². The minimum Gasteiger partial charge on any atom is -0.382 e. The van der Waals surface area contributed by atoms with Crippen LogP contribution in [0.5, 0.6) is 0 Å². The first kappa shape index (κ1) is 24.0. The van der Waals surface area contributed by atoms with Crippen LogP contribution in [-0.4, -0.2) is 56.4 Å². The molecule has 0 radical (unpaired) electrons. The molecule has 16 heteroatoms. The molecule has 0 aliphatic carbocycles. The zero-order valence-corrected chi connectivity index (χ0v) is 18.1. The van der Waals surface area contributed by atoms with Gasteiger partial charge in [0.15, 0.2) is 17.8 Å². The molecule has 4 aromatic rings. The van der Waals surface area contributed by atoms with Gasteiger partial charge in [-0.25, -0.2) is 19.4 Å². The van der Waals surface area contributed by atoms with Crippen molar-refractivity contribution in [3.63, 3.8) is 0 Å². The number of benzene rings is 1. The topological polar surface area (TPSA) is 147 Å². The molecule has 12 nitrogen and oxygen atoms in total. The fourth-order valence-electron chi connectivity index (χ4n) is 3.11. The Kier molecular flexibility index (Phi) is 6.36. The van der Waals surface area contributed by atoms with Crippen LogP contribution in [0.25, 0.3) is 17.2 Å². The number of aliphatic hydroxyl groups excluding tert-OH is 1. The third-order valence-electron chi connectivity index (χ3n) is 4.77. The smallest absolute Gasteiger partial charge is 0.382 e. The Balaban J connectivity index is 1.71. The van der Waals surface area contributed by atoms with Gasteiger partial charge in [-0.15, -0.1) is 10.2 Å². The van der Waals surface area contributed by atoms with E-state index in [1.807, 2.05) is 0 Å². The number of nitro groups is 1. The monoisotopic (exact) mass is 510 g/mol. The maximum Gasteiger partial charge on any atom is 0.416 e. The minimum absolute atomic E-state index is 0.0178. The molecule has 182 valence electrons. The van der Waals surface area contributed by atoms with Gasteiger partial charge in [-0.3, -0.25) is 14.7 Å². The Morgan fingerprint density at radius 3 is 2.51 bits per heavy atom. The van der Waals surface area contributed by atoms with E-state index in [-0.39, 0.29) is 35.3 Å². The van der Waals surface area contributed by atoms with Crippen molar-refractivity contribution in [3.05, 3.63) is 80.4 Å². The summed E-state index contributed by atoms with van der Waals surface area (Å²) in [6.45, 7) is -1.47. The van der Waals surface area contributed by atoms with Gasteiger partial charge in [0.1, 0.15) is 12.9 Å². The number of halogens is 4. The summed E-state index contributed by atoms with van der Waals surface area (Å²) in [5, 5.41) is 29.3. The van der Waals surface area contributed by atoms with Crippen LogP contribution in [0.3, 0.4) is 0 Å². The highest BCUT2D eigenvalue weighted by molar-refractivity contribution is 6.30. The SMILES string of the molecule is O=c1n(Cc2ncn(-c3ncccc3[N+](=O)[O-])n2)nc(-c2ccc(Cl)cc2)n1CC(O)C(F)(F)F. The van der Waals surface area contributed by atoms with Gasteiger partial charge >= 0.3 is 17.6 Å². The number of rotatable bonds is 7. The highest BCUT2D eigenvalue weighted by atomic mass is 35.5. The first-order valence-corrected chi connectivity index (χ1v) is 10.1. The van der Waals surface area contributed by atoms with E-state index < -0.39 is 29.4 Å². The van der Waals surface area contributed by atoms with E-state index in [0.29, 0.717) is 9.59 Å². The van der Waals surface area contributed by atoms with Gasteiger partial charge in [-0.2, -0.15) is 17.9 Å². The Labute approximate surface area is 198 Å². The van der Waals surface area contributed by atoms with Crippen LogP contribution in [0.4, 0.5) is 18.9 Å². The lowest BCUT2D eigenvalue weighted by molar-refractivity contribution is -0.384. The molecule has 0 aliphatic heterocycles. The predicted octanol–water partition coefficient (Wildman–Crippen LogP) is 2.22. The number of alkyl halides is 3. The van der Waals surface area contributed by atoms with E-state index in [1.54, 1.807) is 0 Å². The highest BCUT2D eigenvalue weighted by Crippen LogP contribution is 2.24. The summed E-state index contributed by atoms with van der Waals surface area (Å²) in [4.78, 5) is 31.4. The normalized spacial score (nSPS) is 12.6. The molecular weight excluding hydrogens is 497 g/mol. The van der Waals surface area contributed by atoms with Gasteiger partial charge in [-0.05, 0) is 30.3 Å². The second-order valence-corrected chi connectivity index (χ2v) is 7.58. The molecule has 1 N–H and O–H groups in total. The highest BCUT2D eigenvalue weighted by Gasteiger charge is 2.39. The Bertz CT molecular complexity index is 1430. The van der Waals surface area contributed by atoms with E-state index in [0.717, 1.165) is 15.7 Å². The van der Waals surface area contributed by atoms with Crippen molar-refractivity contribution in [2.75, 3.05) is 0 Å². The first-order valence-electron chi connectivity index (χ1n) is 9.73. The average Bonchev–Trinajstić information content (AvgIpc) is 3.39. The van der Waals surface area contributed by atoms with Gasteiger partial charge in [0.2, 0.25) is 5.82 Å². The lowest BCUT2D eigenvalue weighted by Gasteiger charge is -2.15. The fraction of sp³-hybridized carbons (Fsp3) is 0.211. The Morgan fingerprint density at radius 2 is 1.86 bits per heavy atom. The predicted molar refractivity (Wildman–Crippen MR) is 114 cm³/mol. The second-order valence-electron chi connectivity index (χ2n) is 7.15. The molecule has 0 saturated carbocycles.